The fourth-order valence-corrected chi connectivity index (χ4v) is 3.28. The maximum atomic E-state index is 13.7. The average molecular weight is 398 g/mol. The fraction of sp³-hybridized carbons (Fsp3) is 0.278. The van der Waals surface area contributed by atoms with Crippen LogP contribution in [0.25, 0.3) is 11.0 Å². The van der Waals surface area contributed by atoms with Gasteiger partial charge in [-0.05, 0) is 12.1 Å². The first-order valence-electron chi connectivity index (χ1n) is 8.99. The van der Waals surface area contributed by atoms with E-state index in [0.29, 0.717) is 49.0 Å². The minimum atomic E-state index is -0.726. The van der Waals surface area contributed by atoms with Crippen LogP contribution in [0.4, 0.5) is 16.2 Å². The molecule has 0 atom stereocenters. The number of halogens is 1. The number of fused-ring (bicyclic) bond motifs is 1. The summed E-state index contributed by atoms with van der Waals surface area (Å²) in [5, 5.41) is 2.51. The molecule has 0 unspecified atom stereocenters. The molecule has 4 rings (SSSR count). The average Bonchev–Trinajstić information content (AvgIpc) is 3.16. The number of hydrogen-bond donors (Lipinski definition) is 3. The lowest BCUT2D eigenvalue weighted by atomic mass is 10.1. The first-order valence-corrected chi connectivity index (χ1v) is 8.99. The predicted octanol–water partition coefficient (Wildman–Crippen LogP) is 0.277. The molecular weight excluding hydrogens is 379 g/mol. The van der Waals surface area contributed by atoms with Gasteiger partial charge in [0.2, 0.25) is 5.95 Å². The molecule has 10 nitrogen and oxygen atoms in total. The van der Waals surface area contributed by atoms with Gasteiger partial charge < -0.3 is 25.8 Å². The van der Waals surface area contributed by atoms with Crippen LogP contribution in [0.5, 0.6) is 0 Å². The van der Waals surface area contributed by atoms with E-state index < -0.39 is 11.7 Å². The van der Waals surface area contributed by atoms with Crippen molar-refractivity contribution < 1.29 is 14.0 Å². The van der Waals surface area contributed by atoms with Gasteiger partial charge in [-0.15, -0.1) is 0 Å². The Morgan fingerprint density at radius 2 is 1.86 bits per heavy atom. The second-order valence-corrected chi connectivity index (χ2v) is 6.59. The Labute approximate surface area is 164 Å². The van der Waals surface area contributed by atoms with Crippen molar-refractivity contribution in [2.45, 2.75) is 0 Å². The number of rotatable bonds is 4. The van der Waals surface area contributed by atoms with Crippen LogP contribution >= 0.6 is 0 Å². The van der Waals surface area contributed by atoms with Crippen LogP contribution in [0.15, 0.2) is 24.5 Å². The highest BCUT2D eigenvalue weighted by atomic mass is 19.1. The van der Waals surface area contributed by atoms with Gasteiger partial charge in [0.1, 0.15) is 22.8 Å². The van der Waals surface area contributed by atoms with Crippen molar-refractivity contribution in [1.29, 1.82) is 0 Å². The zero-order valence-electron chi connectivity index (χ0n) is 15.6. The highest BCUT2D eigenvalue weighted by molar-refractivity contribution is 6.04. The smallest absolute Gasteiger partial charge is 0.271 e. The van der Waals surface area contributed by atoms with Crippen LogP contribution in [-0.4, -0.2) is 65.0 Å². The minimum absolute atomic E-state index is 0.0487. The molecule has 2 aromatic heterocycles. The van der Waals surface area contributed by atoms with E-state index in [1.54, 1.807) is 6.20 Å². The number of nitrogens with two attached hydrogens (primary N) is 1. The van der Waals surface area contributed by atoms with E-state index in [1.807, 2.05) is 9.80 Å². The number of H-pyrrole nitrogens is 1. The van der Waals surface area contributed by atoms with Gasteiger partial charge in [-0.25, -0.2) is 19.3 Å². The second kappa shape index (κ2) is 7.34. The summed E-state index contributed by atoms with van der Waals surface area (Å²) >= 11 is 0. The standard InChI is InChI=1S/C18H19FN8O2/c1-21-17(29)13-8-23-14(9-22-13)26-2-4-27(5-3-26)18-24-12-7-10(19)6-11(16(20)28)15(12)25-18/h6-9H,2-5H2,1H3,(H2,20,28)(H,21,29)(H,24,25). The molecule has 0 spiro atoms. The Balaban J connectivity index is 1.49. The van der Waals surface area contributed by atoms with Crippen molar-refractivity contribution in [2.75, 3.05) is 43.0 Å². The molecule has 3 heterocycles. The largest absolute Gasteiger partial charge is 0.366 e. The molecule has 11 heteroatoms. The van der Waals surface area contributed by atoms with Gasteiger partial charge in [0.25, 0.3) is 11.8 Å². The topological polar surface area (TPSA) is 133 Å². The maximum absolute atomic E-state index is 13.7. The van der Waals surface area contributed by atoms with Gasteiger partial charge in [-0.3, -0.25) is 9.59 Å². The van der Waals surface area contributed by atoms with Crippen molar-refractivity contribution in [3.8, 4) is 0 Å². The number of aromatic nitrogens is 4. The zero-order valence-corrected chi connectivity index (χ0v) is 15.6. The Morgan fingerprint density at radius 1 is 1.14 bits per heavy atom. The normalized spacial score (nSPS) is 14.3. The molecule has 0 bridgehead atoms. The number of amides is 2. The van der Waals surface area contributed by atoms with Crippen molar-refractivity contribution in [3.05, 3.63) is 41.6 Å². The molecule has 1 aliphatic rings. The lowest BCUT2D eigenvalue weighted by Crippen LogP contribution is -2.47. The number of carbonyl (C=O) groups excluding carboxylic acids is 2. The lowest BCUT2D eigenvalue weighted by Gasteiger charge is -2.35. The minimum Gasteiger partial charge on any atom is -0.366 e. The number of carbonyl (C=O) groups is 2. The molecule has 150 valence electrons. The van der Waals surface area contributed by atoms with Crippen LogP contribution < -0.4 is 20.9 Å². The molecular formula is C18H19FN8O2. The van der Waals surface area contributed by atoms with Gasteiger partial charge >= 0.3 is 0 Å². The van der Waals surface area contributed by atoms with Crippen LogP contribution in [0, 0.1) is 5.82 Å². The van der Waals surface area contributed by atoms with E-state index in [9.17, 15) is 14.0 Å². The van der Waals surface area contributed by atoms with E-state index in [0.717, 1.165) is 6.07 Å². The number of nitrogens with one attached hydrogen (secondary N) is 2. The van der Waals surface area contributed by atoms with E-state index >= 15 is 0 Å². The Hall–Kier alpha value is -3.76. The summed E-state index contributed by atoms with van der Waals surface area (Å²) in [6.45, 7) is 2.57. The number of nitrogens with zero attached hydrogens (tertiary/aromatic N) is 5. The molecule has 3 aromatic rings. The van der Waals surface area contributed by atoms with Crippen LogP contribution in [0.2, 0.25) is 0 Å². The summed E-state index contributed by atoms with van der Waals surface area (Å²) in [4.78, 5) is 43.2. The number of piperazine rings is 1. The van der Waals surface area contributed by atoms with Crippen LogP contribution in [0.3, 0.4) is 0 Å². The second-order valence-electron chi connectivity index (χ2n) is 6.59. The quantitative estimate of drug-likeness (QED) is 0.575. The number of hydrogen-bond acceptors (Lipinski definition) is 7. The Morgan fingerprint density at radius 3 is 2.48 bits per heavy atom. The predicted molar refractivity (Wildman–Crippen MR) is 104 cm³/mol. The molecule has 1 aromatic carbocycles. The molecule has 0 saturated carbocycles. The van der Waals surface area contributed by atoms with Crippen molar-refractivity contribution >= 4 is 34.6 Å². The molecule has 1 aliphatic heterocycles. The Bertz CT molecular complexity index is 1070. The van der Waals surface area contributed by atoms with Crippen LogP contribution in [-0.2, 0) is 0 Å². The highest BCUT2D eigenvalue weighted by Gasteiger charge is 2.22. The lowest BCUT2D eigenvalue weighted by molar-refractivity contribution is 0.0956. The third-order valence-corrected chi connectivity index (χ3v) is 4.81. The van der Waals surface area contributed by atoms with E-state index in [2.05, 4.69) is 25.3 Å². The summed E-state index contributed by atoms with van der Waals surface area (Å²) < 4.78 is 13.7. The zero-order chi connectivity index (χ0) is 20.5. The first kappa shape index (κ1) is 18.6. The van der Waals surface area contributed by atoms with E-state index in [4.69, 9.17) is 5.73 Å². The van der Waals surface area contributed by atoms with Crippen LogP contribution in [0.1, 0.15) is 20.8 Å². The maximum Gasteiger partial charge on any atom is 0.271 e. The van der Waals surface area contributed by atoms with Gasteiger partial charge in [-0.1, -0.05) is 0 Å². The number of imidazole rings is 1. The fourth-order valence-electron chi connectivity index (χ4n) is 3.28. The summed E-state index contributed by atoms with van der Waals surface area (Å²) in [5.74, 6) is -0.333. The molecule has 4 N–H and O–H groups in total. The monoisotopic (exact) mass is 398 g/mol. The van der Waals surface area contributed by atoms with Crippen molar-refractivity contribution in [1.82, 2.24) is 25.3 Å². The number of primary amides is 1. The SMILES string of the molecule is CNC(=O)c1cnc(N2CCN(c3nc4c(C(N)=O)cc(F)cc4[nH]3)CC2)cn1. The highest BCUT2D eigenvalue weighted by Crippen LogP contribution is 2.23. The van der Waals surface area contributed by atoms with Gasteiger partial charge in [0, 0.05) is 33.2 Å². The van der Waals surface area contributed by atoms with E-state index in [-0.39, 0.29) is 17.2 Å². The third-order valence-electron chi connectivity index (χ3n) is 4.81. The number of benzene rings is 1. The Kier molecular flexibility index (Phi) is 4.71. The molecule has 0 aliphatic carbocycles. The molecule has 29 heavy (non-hydrogen) atoms. The molecule has 0 radical (unpaired) electrons. The van der Waals surface area contributed by atoms with Crippen molar-refractivity contribution in [3.63, 3.8) is 0 Å². The summed E-state index contributed by atoms with van der Waals surface area (Å²) in [6.07, 6.45) is 3.02. The van der Waals surface area contributed by atoms with E-state index in [1.165, 1.54) is 19.3 Å². The van der Waals surface area contributed by atoms with Crippen molar-refractivity contribution in [2.24, 2.45) is 5.73 Å². The van der Waals surface area contributed by atoms with Gasteiger partial charge in [0.05, 0.1) is 23.5 Å². The number of aromatic amines is 1. The van der Waals surface area contributed by atoms with Gasteiger partial charge in [0.15, 0.2) is 0 Å². The third kappa shape index (κ3) is 3.53. The molecule has 1 saturated heterocycles. The summed E-state index contributed by atoms with van der Waals surface area (Å²) in [5.41, 5.74) is 6.42. The molecule has 1 fully saturated rings. The summed E-state index contributed by atoms with van der Waals surface area (Å²) in [6, 6.07) is 2.38. The molecule has 2 amide bonds. The first-order chi connectivity index (χ1) is 14.0. The summed E-state index contributed by atoms with van der Waals surface area (Å²) in [7, 11) is 1.54. The van der Waals surface area contributed by atoms with Gasteiger partial charge in [-0.2, -0.15) is 0 Å². The number of anilines is 2.